The number of anilines is 1. The second kappa shape index (κ2) is 11.0. The van der Waals surface area contributed by atoms with Gasteiger partial charge in [0.25, 0.3) is 0 Å². The summed E-state index contributed by atoms with van der Waals surface area (Å²) < 4.78 is 6.73. The van der Waals surface area contributed by atoms with Gasteiger partial charge in [-0.2, -0.15) is 0 Å². The number of rotatable bonds is 9. The topological polar surface area (TPSA) is 91.8 Å². The first-order valence-electron chi connectivity index (χ1n) is 9.76. The Labute approximate surface area is 175 Å². The molecule has 1 aromatic rings. The number of amides is 2. The summed E-state index contributed by atoms with van der Waals surface area (Å²) in [6.45, 7) is 7.09. The van der Waals surface area contributed by atoms with Gasteiger partial charge in [-0.05, 0) is 33.6 Å². The van der Waals surface area contributed by atoms with Crippen LogP contribution in [0, 0.1) is 0 Å². The van der Waals surface area contributed by atoms with Crippen molar-refractivity contribution in [1.29, 1.82) is 0 Å². The third-order valence-electron chi connectivity index (χ3n) is 4.40. The highest BCUT2D eigenvalue weighted by Crippen LogP contribution is 2.29. The van der Waals surface area contributed by atoms with Crippen molar-refractivity contribution in [3.63, 3.8) is 0 Å². The fourth-order valence-corrected chi connectivity index (χ4v) is 4.95. The van der Waals surface area contributed by atoms with Gasteiger partial charge in [-0.3, -0.25) is 10.1 Å². The number of thioether (sulfide) groups is 1. The molecule has 1 aliphatic rings. The molecule has 1 aromatic heterocycles. The van der Waals surface area contributed by atoms with Crippen molar-refractivity contribution in [2.45, 2.75) is 75.1 Å². The SMILES string of the molecule is CC(C)(C)OCCN(C(=O)Nc1ncc(SCCC(=O)O)s1)C1CCCCC1. The summed E-state index contributed by atoms with van der Waals surface area (Å²) in [5.41, 5.74) is -0.230. The summed E-state index contributed by atoms with van der Waals surface area (Å²) in [6.07, 6.45) is 7.36. The average Bonchev–Trinajstić information content (AvgIpc) is 3.05. The average molecular weight is 430 g/mol. The van der Waals surface area contributed by atoms with Crippen LogP contribution < -0.4 is 5.32 Å². The van der Waals surface area contributed by atoms with E-state index in [1.54, 1.807) is 6.20 Å². The highest BCUT2D eigenvalue weighted by molar-refractivity contribution is 8.01. The highest BCUT2D eigenvalue weighted by atomic mass is 32.2. The summed E-state index contributed by atoms with van der Waals surface area (Å²) in [7, 11) is 0. The maximum Gasteiger partial charge on any atom is 0.323 e. The van der Waals surface area contributed by atoms with Gasteiger partial charge in [0.1, 0.15) is 0 Å². The van der Waals surface area contributed by atoms with Crippen LogP contribution in [0.4, 0.5) is 9.93 Å². The van der Waals surface area contributed by atoms with Crippen molar-refractivity contribution in [3.8, 4) is 0 Å². The molecule has 2 rings (SSSR count). The third-order valence-corrected chi connectivity index (χ3v) is 6.51. The molecule has 1 aliphatic carbocycles. The molecule has 2 amide bonds. The minimum Gasteiger partial charge on any atom is -0.481 e. The van der Waals surface area contributed by atoms with E-state index >= 15 is 0 Å². The summed E-state index contributed by atoms with van der Waals surface area (Å²) in [5, 5.41) is 12.2. The van der Waals surface area contributed by atoms with E-state index in [0.29, 0.717) is 24.0 Å². The molecule has 0 saturated heterocycles. The Kier molecular flexibility index (Phi) is 9.04. The molecular weight excluding hydrogens is 398 g/mol. The van der Waals surface area contributed by atoms with Gasteiger partial charge < -0.3 is 14.7 Å². The molecule has 0 bridgehead atoms. The zero-order valence-electron chi connectivity index (χ0n) is 16.9. The number of thiazole rings is 1. The monoisotopic (exact) mass is 429 g/mol. The molecule has 158 valence electrons. The molecule has 0 aliphatic heterocycles. The fourth-order valence-electron chi connectivity index (χ4n) is 3.08. The van der Waals surface area contributed by atoms with Crippen molar-refractivity contribution in [2.24, 2.45) is 0 Å². The lowest BCUT2D eigenvalue weighted by molar-refractivity contribution is -0.136. The molecule has 0 atom stereocenters. The minimum absolute atomic E-state index is 0.105. The quantitative estimate of drug-likeness (QED) is 0.553. The number of carboxylic acids is 1. The van der Waals surface area contributed by atoms with E-state index in [2.05, 4.69) is 10.3 Å². The summed E-state index contributed by atoms with van der Waals surface area (Å²) >= 11 is 2.81. The lowest BCUT2D eigenvalue weighted by Gasteiger charge is -2.34. The van der Waals surface area contributed by atoms with Crippen molar-refractivity contribution in [2.75, 3.05) is 24.2 Å². The van der Waals surface area contributed by atoms with E-state index in [9.17, 15) is 9.59 Å². The summed E-state index contributed by atoms with van der Waals surface area (Å²) in [5.74, 6) is -0.324. The predicted molar refractivity (Wildman–Crippen MR) is 113 cm³/mol. The third kappa shape index (κ3) is 8.36. The van der Waals surface area contributed by atoms with Crippen LogP contribution in [-0.4, -0.2) is 57.5 Å². The van der Waals surface area contributed by atoms with Gasteiger partial charge in [0.05, 0.1) is 29.0 Å². The highest BCUT2D eigenvalue weighted by Gasteiger charge is 2.26. The predicted octanol–water partition coefficient (Wildman–Crippen LogP) is 4.69. The molecular formula is C19H31N3O4S2. The molecule has 28 heavy (non-hydrogen) atoms. The van der Waals surface area contributed by atoms with Crippen LogP contribution >= 0.6 is 23.1 Å². The van der Waals surface area contributed by atoms with E-state index in [-0.39, 0.29) is 24.1 Å². The second-order valence-corrected chi connectivity index (χ2v) is 10.3. The van der Waals surface area contributed by atoms with Gasteiger partial charge in [-0.15, -0.1) is 11.8 Å². The van der Waals surface area contributed by atoms with E-state index in [4.69, 9.17) is 9.84 Å². The van der Waals surface area contributed by atoms with Crippen LogP contribution in [0.2, 0.25) is 0 Å². The molecule has 0 radical (unpaired) electrons. The maximum absolute atomic E-state index is 12.9. The van der Waals surface area contributed by atoms with Crippen LogP contribution in [-0.2, 0) is 9.53 Å². The lowest BCUT2D eigenvalue weighted by atomic mass is 9.94. The van der Waals surface area contributed by atoms with Crippen molar-refractivity contribution < 1.29 is 19.4 Å². The number of carbonyl (C=O) groups excluding carboxylic acids is 1. The van der Waals surface area contributed by atoms with E-state index < -0.39 is 5.97 Å². The van der Waals surface area contributed by atoms with Crippen LogP contribution in [0.3, 0.4) is 0 Å². The number of carboxylic acid groups (broad SMARTS) is 1. The van der Waals surface area contributed by atoms with E-state index in [1.165, 1.54) is 29.5 Å². The van der Waals surface area contributed by atoms with Crippen molar-refractivity contribution in [1.82, 2.24) is 9.88 Å². The Hall–Kier alpha value is -1.32. The molecule has 7 nitrogen and oxygen atoms in total. The van der Waals surface area contributed by atoms with Gasteiger partial charge >= 0.3 is 12.0 Å². The number of aliphatic carboxylic acids is 1. The largest absolute Gasteiger partial charge is 0.481 e. The number of hydrogen-bond acceptors (Lipinski definition) is 6. The first kappa shape index (κ1) is 23.0. The number of nitrogens with one attached hydrogen (secondary N) is 1. The van der Waals surface area contributed by atoms with Crippen LogP contribution in [0.25, 0.3) is 0 Å². The Morgan fingerprint density at radius 3 is 2.71 bits per heavy atom. The van der Waals surface area contributed by atoms with Crippen LogP contribution in [0.15, 0.2) is 10.4 Å². The molecule has 1 fully saturated rings. The Bertz CT molecular complexity index is 639. The minimum atomic E-state index is -0.814. The maximum atomic E-state index is 12.9. The first-order chi connectivity index (χ1) is 13.2. The molecule has 0 unspecified atom stereocenters. The van der Waals surface area contributed by atoms with Gasteiger partial charge in [-0.25, -0.2) is 9.78 Å². The number of urea groups is 1. The van der Waals surface area contributed by atoms with Gasteiger partial charge in [0.15, 0.2) is 5.13 Å². The Balaban J connectivity index is 1.93. The van der Waals surface area contributed by atoms with Gasteiger partial charge in [-0.1, -0.05) is 30.6 Å². The van der Waals surface area contributed by atoms with Gasteiger partial charge in [0, 0.05) is 18.3 Å². The molecule has 9 heteroatoms. The second-order valence-electron chi connectivity index (χ2n) is 7.85. The number of ether oxygens (including phenoxy) is 1. The summed E-state index contributed by atoms with van der Waals surface area (Å²) in [6, 6.07) is 0.0996. The molecule has 1 saturated carbocycles. The number of hydrogen-bond donors (Lipinski definition) is 2. The van der Waals surface area contributed by atoms with E-state index in [1.807, 2.05) is 25.7 Å². The molecule has 0 aromatic carbocycles. The smallest absolute Gasteiger partial charge is 0.323 e. The lowest BCUT2D eigenvalue weighted by Crippen LogP contribution is -2.46. The van der Waals surface area contributed by atoms with E-state index in [0.717, 1.165) is 29.9 Å². The first-order valence-corrected chi connectivity index (χ1v) is 11.6. The fraction of sp³-hybridized carbons (Fsp3) is 0.737. The van der Waals surface area contributed by atoms with Crippen LogP contribution in [0.5, 0.6) is 0 Å². The normalized spacial score (nSPS) is 15.4. The Morgan fingerprint density at radius 2 is 2.07 bits per heavy atom. The number of aromatic nitrogens is 1. The number of nitrogens with zero attached hydrogens (tertiary/aromatic N) is 2. The summed E-state index contributed by atoms with van der Waals surface area (Å²) in [4.78, 5) is 29.7. The van der Waals surface area contributed by atoms with Crippen LogP contribution in [0.1, 0.15) is 59.3 Å². The van der Waals surface area contributed by atoms with Gasteiger partial charge in [0.2, 0.25) is 0 Å². The zero-order chi connectivity index (χ0) is 20.6. The molecule has 0 spiro atoms. The standard InChI is InChI=1S/C19H31N3O4S2/c1-19(2,3)26-11-10-22(14-7-5-4-6-8-14)18(25)21-17-20-13-16(28-17)27-12-9-15(23)24/h13-14H,4-12H2,1-3H3,(H,23,24)(H,20,21,25). The van der Waals surface area contributed by atoms with Crippen molar-refractivity contribution in [3.05, 3.63) is 6.20 Å². The molecule has 1 heterocycles. The Morgan fingerprint density at radius 1 is 1.36 bits per heavy atom. The number of carbonyl (C=O) groups is 2. The zero-order valence-corrected chi connectivity index (χ0v) is 18.5. The van der Waals surface area contributed by atoms with Crippen molar-refractivity contribution >= 4 is 40.2 Å². The molecule has 2 N–H and O–H groups in total.